The molecule has 0 atom stereocenters. The summed E-state index contributed by atoms with van der Waals surface area (Å²) in [7, 11) is 0. The summed E-state index contributed by atoms with van der Waals surface area (Å²) in [4.78, 5) is 0. The minimum atomic E-state index is -0.191. The maximum atomic E-state index is 10.1. The fourth-order valence-electron chi connectivity index (χ4n) is 1.80. The maximum Gasteiger partial charge on any atom is 0.402 e. The van der Waals surface area contributed by atoms with Crippen LogP contribution in [0.25, 0.3) is 0 Å². The summed E-state index contributed by atoms with van der Waals surface area (Å²) in [5.74, 6) is 1.39. The van der Waals surface area contributed by atoms with Gasteiger partial charge in [0.1, 0.15) is 0 Å². The summed E-state index contributed by atoms with van der Waals surface area (Å²) < 4.78 is 6.85. The Kier molecular flexibility index (Phi) is 2.62. The molecule has 0 aliphatic rings. The lowest BCUT2D eigenvalue weighted by Gasteiger charge is -2.11. The Morgan fingerprint density at radius 2 is 1.47 bits per heavy atom. The highest BCUT2D eigenvalue weighted by atomic mass is 16.5. The number of hydrogen-bond acceptors (Lipinski definition) is 2. The van der Waals surface area contributed by atoms with Crippen molar-refractivity contribution in [2.75, 3.05) is 0 Å². The monoisotopic (exact) mass is 212 g/mol. The molecular weight excluding hydrogens is 190 g/mol. The molecule has 0 unspecified atom stereocenters. The third kappa shape index (κ3) is 2.16. The highest BCUT2D eigenvalue weighted by Gasteiger charge is 2.41. The lowest BCUT2D eigenvalue weighted by atomic mass is 9.91. The van der Waals surface area contributed by atoms with Crippen molar-refractivity contribution in [2.45, 2.75) is 59.3 Å². The van der Waals surface area contributed by atoms with Crippen molar-refractivity contribution < 1.29 is 14.4 Å². The van der Waals surface area contributed by atoms with E-state index in [4.69, 9.17) is 4.42 Å². The number of rotatable bonds is 0. The Morgan fingerprint density at radius 1 is 1.00 bits per heavy atom. The topological polar surface area (TPSA) is 37.2 Å². The molecule has 0 aromatic carbocycles. The number of aromatic nitrogens is 1. The van der Waals surface area contributed by atoms with Gasteiger partial charge in [-0.15, -0.1) is 0 Å². The molecule has 3 nitrogen and oxygen atoms in total. The molecule has 0 radical (unpaired) electrons. The van der Waals surface area contributed by atoms with Crippen LogP contribution in [0.2, 0.25) is 0 Å². The van der Waals surface area contributed by atoms with Crippen molar-refractivity contribution in [3.63, 3.8) is 0 Å². The predicted molar refractivity (Wildman–Crippen MR) is 58.2 cm³/mol. The van der Waals surface area contributed by atoms with Crippen molar-refractivity contribution in [1.29, 1.82) is 0 Å². The summed E-state index contributed by atoms with van der Waals surface area (Å²) in [6.45, 7) is 14.1. The molecule has 15 heavy (non-hydrogen) atoms. The normalized spacial score (nSPS) is 13.3. The molecule has 3 heteroatoms. The molecule has 0 spiro atoms. The molecule has 0 saturated heterocycles. The Labute approximate surface area is 91.7 Å². The standard InChI is InChI=1S/C12H22NO2/c1-8-9(11(2,3)4)13(14)10(15-8)12(5,6)7/h14H,1-7H3/q+1. The second-order valence-corrected chi connectivity index (χ2v) is 6.12. The van der Waals surface area contributed by atoms with Gasteiger partial charge in [-0.25, -0.2) is 0 Å². The van der Waals surface area contributed by atoms with Crippen LogP contribution in [0.5, 0.6) is 0 Å². The molecule has 1 heterocycles. The highest BCUT2D eigenvalue weighted by molar-refractivity contribution is 5.12. The second kappa shape index (κ2) is 3.26. The molecule has 0 bridgehead atoms. The first kappa shape index (κ1) is 12.1. The van der Waals surface area contributed by atoms with E-state index in [1.54, 1.807) is 0 Å². The first-order chi connectivity index (χ1) is 6.55. The Hall–Kier alpha value is -0.990. The zero-order valence-electron chi connectivity index (χ0n) is 10.8. The van der Waals surface area contributed by atoms with E-state index >= 15 is 0 Å². The Morgan fingerprint density at radius 3 is 1.67 bits per heavy atom. The molecule has 0 aliphatic carbocycles. The molecule has 1 N–H and O–H groups in total. The summed E-state index contributed by atoms with van der Waals surface area (Å²) in [6.07, 6.45) is 0. The van der Waals surface area contributed by atoms with E-state index in [1.807, 2.05) is 27.7 Å². The minimum Gasteiger partial charge on any atom is -0.403 e. The fraction of sp³-hybridized carbons (Fsp3) is 0.750. The Bertz CT molecular complexity index is 364. The van der Waals surface area contributed by atoms with Crippen LogP contribution in [0.1, 0.15) is 58.9 Å². The smallest absolute Gasteiger partial charge is 0.402 e. The van der Waals surface area contributed by atoms with Gasteiger partial charge >= 0.3 is 5.89 Å². The maximum absolute atomic E-state index is 10.1. The number of nitrogens with zero attached hydrogens (tertiary/aromatic N) is 1. The van der Waals surface area contributed by atoms with Gasteiger partial charge in [-0.3, -0.25) is 5.21 Å². The lowest BCUT2D eigenvalue weighted by Crippen LogP contribution is -2.45. The molecular formula is C12H22NO2+. The van der Waals surface area contributed by atoms with E-state index in [-0.39, 0.29) is 10.8 Å². The van der Waals surface area contributed by atoms with E-state index in [9.17, 15) is 5.21 Å². The first-order valence-electron chi connectivity index (χ1n) is 5.31. The minimum absolute atomic E-state index is 0.119. The van der Waals surface area contributed by atoms with E-state index in [1.165, 1.54) is 4.73 Å². The van der Waals surface area contributed by atoms with Crippen molar-refractivity contribution >= 4 is 0 Å². The van der Waals surface area contributed by atoms with Crippen LogP contribution in [-0.2, 0) is 10.8 Å². The van der Waals surface area contributed by atoms with Gasteiger partial charge in [0, 0.05) is 11.7 Å². The summed E-state index contributed by atoms with van der Waals surface area (Å²) in [5, 5.41) is 10.1. The number of aryl methyl sites for hydroxylation is 1. The van der Waals surface area contributed by atoms with Gasteiger partial charge in [0.15, 0.2) is 5.76 Å². The average Bonchev–Trinajstić information content (AvgIpc) is 2.22. The molecule has 1 aromatic heterocycles. The van der Waals surface area contributed by atoms with Gasteiger partial charge in [0.2, 0.25) is 0 Å². The van der Waals surface area contributed by atoms with E-state index in [0.29, 0.717) is 5.89 Å². The van der Waals surface area contributed by atoms with Gasteiger partial charge in [0.05, 0.1) is 10.8 Å². The second-order valence-electron chi connectivity index (χ2n) is 6.12. The molecule has 0 saturated carbocycles. The van der Waals surface area contributed by atoms with Crippen molar-refractivity contribution in [3.05, 3.63) is 17.3 Å². The van der Waals surface area contributed by atoms with E-state index < -0.39 is 0 Å². The molecule has 1 aromatic rings. The molecule has 0 aliphatic heterocycles. The quantitative estimate of drug-likeness (QED) is 0.530. The van der Waals surface area contributed by atoms with Crippen LogP contribution in [0.4, 0.5) is 0 Å². The highest BCUT2D eigenvalue weighted by Crippen LogP contribution is 2.28. The third-order valence-electron chi connectivity index (χ3n) is 2.34. The number of oxazole rings is 1. The van der Waals surface area contributed by atoms with Crippen molar-refractivity contribution in [2.24, 2.45) is 0 Å². The van der Waals surface area contributed by atoms with Gasteiger partial charge in [0.25, 0.3) is 5.69 Å². The van der Waals surface area contributed by atoms with Crippen LogP contribution in [0.15, 0.2) is 4.42 Å². The predicted octanol–water partition coefficient (Wildman–Crippen LogP) is 2.71. The van der Waals surface area contributed by atoms with Crippen LogP contribution in [-0.4, -0.2) is 5.21 Å². The summed E-state index contributed by atoms with van der Waals surface area (Å²) in [5.41, 5.74) is 0.530. The molecule has 0 amide bonds. The van der Waals surface area contributed by atoms with Crippen molar-refractivity contribution in [3.8, 4) is 0 Å². The van der Waals surface area contributed by atoms with Gasteiger partial charge in [-0.2, -0.15) is 0 Å². The first-order valence-corrected chi connectivity index (χ1v) is 5.31. The summed E-state index contributed by atoms with van der Waals surface area (Å²) in [6, 6.07) is 0. The van der Waals surface area contributed by atoms with Crippen molar-refractivity contribution in [1.82, 2.24) is 0 Å². The van der Waals surface area contributed by atoms with E-state index in [0.717, 1.165) is 11.5 Å². The van der Waals surface area contributed by atoms with Gasteiger partial charge in [-0.1, -0.05) is 0 Å². The zero-order valence-corrected chi connectivity index (χ0v) is 10.8. The molecule has 1 rings (SSSR count). The lowest BCUT2D eigenvalue weighted by molar-refractivity contribution is -0.920. The third-order valence-corrected chi connectivity index (χ3v) is 2.34. The van der Waals surface area contributed by atoms with Crippen LogP contribution >= 0.6 is 0 Å². The van der Waals surface area contributed by atoms with Crippen LogP contribution < -0.4 is 4.73 Å². The molecule has 0 fully saturated rings. The average molecular weight is 212 g/mol. The van der Waals surface area contributed by atoms with Gasteiger partial charge in [-0.05, 0) is 41.5 Å². The Balaban J connectivity index is 3.41. The summed E-state index contributed by atoms with van der Waals surface area (Å²) >= 11 is 0. The van der Waals surface area contributed by atoms with Gasteiger partial charge < -0.3 is 4.42 Å². The van der Waals surface area contributed by atoms with E-state index in [2.05, 4.69) is 20.8 Å². The largest absolute Gasteiger partial charge is 0.403 e. The zero-order chi connectivity index (χ0) is 12.0. The fourth-order valence-corrected chi connectivity index (χ4v) is 1.80. The van der Waals surface area contributed by atoms with Crippen LogP contribution in [0.3, 0.4) is 0 Å². The SMILES string of the molecule is Cc1oc(C(C)(C)C)[n+](O)c1C(C)(C)C. The van der Waals surface area contributed by atoms with Crippen LogP contribution in [0, 0.1) is 6.92 Å². The molecule has 86 valence electrons. The number of hydrogen-bond donors (Lipinski definition) is 1.